The number of amides is 1. The summed E-state index contributed by atoms with van der Waals surface area (Å²) in [5.41, 5.74) is 0.929. The number of ether oxygens (including phenoxy) is 2. The summed E-state index contributed by atoms with van der Waals surface area (Å²) in [6, 6.07) is -0.0517. The Kier molecular flexibility index (Phi) is 5.24. The summed E-state index contributed by atoms with van der Waals surface area (Å²) in [4.78, 5) is 14.6. The Bertz CT molecular complexity index is 628. The maximum absolute atomic E-state index is 12.5. The predicted octanol–water partition coefficient (Wildman–Crippen LogP) is 0.743. The Labute approximate surface area is 154 Å². The van der Waals surface area contributed by atoms with E-state index in [1.807, 2.05) is 25.0 Å². The summed E-state index contributed by atoms with van der Waals surface area (Å²) < 4.78 is 13.8. The molecule has 1 aliphatic carbocycles. The van der Waals surface area contributed by atoms with Crippen molar-refractivity contribution in [3.8, 4) is 0 Å². The van der Waals surface area contributed by atoms with Gasteiger partial charge in [-0.3, -0.25) is 4.79 Å². The summed E-state index contributed by atoms with van der Waals surface area (Å²) in [6.07, 6.45) is 7.36. The molecule has 1 N–H and O–H groups in total. The molecule has 1 aromatic rings. The molecule has 1 saturated carbocycles. The van der Waals surface area contributed by atoms with Gasteiger partial charge in [-0.25, -0.2) is 4.68 Å². The molecule has 0 unspecified atom stereocenters. The molecule has 1 amide bonds. The largest absolute Gasteiger partial charge is 0.371 e. The molecular formula is C18H29N5O3. The quantitative estimate of drug-likeness (QED) is 0.831. The van der Waals surface area contributed by atoms with Crippen molar-refractivity contribution in [2.45, 2.75) is 62.9 Å². The number of carbonyl (C=O) groups excluding carboxylic acids is 1. The molecule has 2 aliphatic heterocycles. The van der Waals surface area contributed by atoms with E-state index in [1.165, 1.54) is 6.42 Å². The van der Waals surface area contributed by atoms with Crippen LogP contribution in [0.25, 0.3) is 0 Å². The van der Waals surface area contributed by atoms with Gasteiger partial charge >= 0.3 is 0 Å². The molecular weight excluding hydrogens is 334 g/mol. The Balaban J connectivity index is 1.36. The van der Waals surface area contributed by atoms with Crippen molar-refractivity contribution < 1.29 is 14.3 Å². The van der Waals surface area contributed by atoms with E-state index in [9.17, 15) is 4.79 Å². The van der Waals surface area contributed by atoms with Gasteiger partial charge in [0, 0.05) is 12.5 Å². The highest BCUT2D eigenvalue weighted by Crippen LogP contribution is 2.34. The fraction of sp³-hybridized carbons (Fsp3) is 0.833. The molecule has 0 radical (unpaired) electrons. The predicted molar refractivity (Wildman–Crippen MR) is 94.4 cm³/mol. The summed E-state index contributed by atoms with van der Waals surface area (Å²) in [5.74, 6) is 0.323. The molecule has 0 aromatic carbocycles. The van der Waals surface area contributed by atoms with Crippen molar-refractivity contribution in [2.24, 2.45) is 5.92 Å². The fourth-order valence-corrected chi connectivity index (χ4v) is 4.37. The van der Waals surface area contributed by atoms with Gasteiger partial charge in [-0.05, 0) is 26.9 Å². The minimum absolute atomic E-state index is 0.0139. The number of carbonyl (C=O) groups is 1. The van der Waals surface area contributed by atoms with E-state index in [1.54, 1.807) is 0 Å². The minimum atomic E-state index is -0.103. The molecule has 1 aromatic heterocycles. The van der Waals surface area contributed by atoms with Crippen LogP contribution in [0.5, 0.6) is 0 Å². The van der Waals surface area contributed by atoms with Gasteiger partial charge in [-0.1, -0.05) is 24.5 Å². The summed E-state index contributed by atoms with van der Waals surface area (Å²) in [7, 11) is 4.01. The van der Waals surface area contributed by atoms with E-state index < -0.39 is 0 Å². The second kappa shape index (κ2) is 7.62. The van der Waals surface area contributed by atoms with Crippen LogP contribution in [0.2, 0.25) is 0 Å². The third kappa shape index (κ3) is 3.63. The monoisotopic (exact) mass is 363 g/mol. The zero-order valence-electron chi connectivity index (χ0n) is 15.6. The first-order chi connectivity index (χ1) is 12.6. The Morgan fingerprint density at radius 3 is 2.77 bits per heavy atom. The van der Waals surface area contributed by atoms with Gasteiger partial charge in [-0.15, -0.1) is 5.10 Å². The van der Waals surface area contributed by atoms with Gasteiger partial charge in [0.15, 0.2) is 0 Å². The third-order valence-electron chi connectivity index (χ3n) is 5.71. The first kappa shape index (κ1) is 17.9. The number of rotatable bonds is 5. The van der Waals surface area contributed by atoms with E-state index >= 15 is 0 Å². The second-order valence-electron chi connectivity index (χ2n) is 8.04. The number of hydrogen-bond donors (Lipinski definition) is 1. The SMILES string of the molecule is CN(C)Cc1cn([C@H]2CO[C@H]3[C@@H]2OC[C@@H]3NC(=O)C2CCCCC2)nn1. The van der Waals surface area contributed by atoms with Crippen LogP contribution in [0.1, 0.15) is 43.8 Å². The molecule has 2 saturated heterocycles. The average Bonchev–Trinajstić information content (AvgIpc) is 3.33. The highest BCUT2D eigenvalue weighted by molar-refractivity contribution is 5.79. The minimum Gasteiger partial charge on any atom is -0.371 e. The van der Waals surface area contributed by atoms with Gasteiger partial charge < -0.3 is 19.7 Å². The molecule has 3 fully saturated rings. The molecule has 4 rings (SSSR count). The average molecular weight is 363 g/mol. The zero-order chi connectivity index (χ0) is 18.1. The van der Waals surface area contributed by atoms with Crippen LogP contribution in [0, 0.1) is 5.92 Å². The highest BCUT2D eigenvalue weighted by atomic mass is 16.6. The topological polar surface area (TPSA) is 81.5 Å². The van der Waals surface area contributed by atoms with Crippen LogP contribution in [-0.2, 0) is 20.8 Å². The van der Waals surface area contributed by atoms with Gasteiger partial charge in [0.25, 0.3) is 0 Å². The molecule has 0 spiro atoms. The number of nitrogens with zero attached hydrogens (tertiary/aromatic N) is 4. The van der Waals surface area contributed by atoms with Gasteiger partial charge in [-0.2, -0.15) is 0 Å². The Hall–Kier alpha value is -1.51. The van der Waals surface area contributed by atoms with Crippen molar-refractivity contribution >= 4 is 5.91 Å². The Morgan fingerprint density at radius 2 is 2.00 bits per heavy atom. The zero-order valence-corrected chi connectivity index (χ0v) is 15.6. The van der Waals surface area contributed by atoms with E-state index in [0.717, 1.165) is 37.9 Å². The summed E-state index contributed by atoms with van der Waals surface area (Å²) >= 11 is 0. The molecule has 3 heterocycles. The lowest BCUT2D eigenvalue weighted by Crippen LogP contribution is -2.46. The maximum atomic E-state index is 12.5. The normalized spacial score (nSPS) is 32.1. The van der Waals surface area contributed by atoms with E-state index in [4.69, 9.17) is 9.47 Å². The van der Waals surface area contributed by atoms with Crippen LogP contribution >= 0.6 is 0 Å². The smallest absolute Gasteiger partial charge is 0.223 e. The van der Waals surface area contributed by atoms with Crippen LogP contribution < -0.4 is 5.32 Å². The lowest BCUT2D eigenvalue weighted by atomic mass is 9.88. The van der Waals surface area contributed by atoms with Crippen molar-refractivity contribution in [2.75, 3.05) is 27.3 Å². The molecule has 8 nitrogen and oxygen atoms in total. The lowest BCUT2D eigenvalue weighted by Gasteiger charge is -2.24. The van der Waals surface area contributed by atoms with Crippen LogP contribution in [0.15, 0.2) is 6.20 Å². The van der Waals surface area contributed by atoms with Gasteiger partial charge in [0.1, 0.15) is 18.2 Å². The molecule has 3 aliphatic rings. The van der Waals surface area contributed by atoms with E-state index in [-0.39, 0.29) is 36.1 Å². The van der Waals surface area contributed by atoms with Crippen molar-refractivity contribution in [3.05, 3.63) is 11.9 Å². The van der Waals surface area contributed by atoms with E-state index in [0.29, 0.717) is 13.2 Å². The van der Waals surface area contributed by atoms with Gasteiger partial charge in [0.2, 0.25) is 5.91 Å². The Morgan fingerprint density at radius 1 is 1.23 bits per heavy atom. The number of aromatic nitrogens is 3. The third-order valence-corrected chi connectivity index (χ3v) is 5.71. The van der Waals surface area contributed by atoms with Crippen LogP contribution in [-0.4, -0.2) is 71.4 Å². The van der Waals surface area contributed by atoms with E-state index in [2.05, 4.69) is 20.5 Å². The fourth-order valence-electron chi connectivity index (χ4n) is 4.37. The molecule has 8 heteroatoms. The van der Waals surface area contributed by atoms with Crippen LogP contribution in [0.4, 0.5) is 0 Å². The lowest BCUT2D eigenvalue weighted by molar-refractivity contribution is -0.127. The van der Waals surface area contributed by atoms with Crippen LogP contribution in [0.3, 0.4) is 0 Å². The summed E-state index contributed by atoms with van der Waals surface area (Å²) in [6.45, 7) is 1.79. The number of hydrogen-bond acceptors (Lipinski definition) is 6. The van der Waals surface area contributed by atoms with Crippen molar-refractivity contribution in [1.29, 1.82) is 0 Å². The molecule has 26 heavy (non-hydrogen) atoms. The molecule has 144 valence electrons. The second-order valence-corrected chi connectivity index (χ2v) is 8.04. The first-order valence-electron chi connectivity index (χ1n) is 9.71. The number of fused-ring (bicyclic) bond motifs is 1. The highest BCUT2D eigenvalue weighted by Gasteiger charge is 2.49. The molecule has 4 atom stereocenters. The number of nitrogens with one attached hydrogen (secondary N) is 1. The first-order valence-corrected chi connectivity index (χ1v) is 9.71. The summed E-state index contributed by atoms with van der Waals surface area (Å²) in [5, 5.41) is 11.7. The molecule has 0 bridgehead atoms. The van der Waals surface area contributed by atoms with Crippen molar-refractivity contribution in [3.63, 3.8) is 0 Å². The van der Waals surface area contributed by atoms with Gasteiger partial charge in [0.05, 0.1) is 31.1 Å². The maximum Gasteiger partial charge on any atom is 0.223 e. The van der Waals surface area contributed by atoms with Crippen molar-refractivity contribution in [1.82, 2.24) is 25.2 Å². The standard InChI is InChI=1S/C18H29N5O3/c1-22(2)8-13-9-23(21-20-13)15-11-26-16-14(10-25-17(15)16)19-18(24)12-6-4-3-5-7-12/h9,12,14-17H,3-8,10-11H2,1-2H3,(H,19,24)/t14-,15-,16+,17+/m0/s1.